The summed E-state index contributed by atoms with van der Waals surface area (Å²) >= 11 is 0. The molecule has 0 radical (unpaired) electrons. The predicted molar refractivity (Wildman–Crippen MR) is 99.3 cm³/mol. The molecule has 0 aliphatic carbocycles. The van der Waals surface area contributed by atoms with Crippen LogP contribution in [0.15, 0.2) is 18.2 Å². The maximum atomic E-state index is 13.0. The molecule has 0 aliphatic heterocycles. The smallest absolute Gasteiger partial charge is 0.416 e. The molecule has 29 heavy (non-hydrogen) atoms. The second-order valence-electron chi connectivity index (χ2n) is 6.53. The van der Waals surface area contributed by atoms with E-state index in [1.54, 1.807) is 11.8 Å². The quantitative estimate of drug-likeness (QED) is 0.367. The Balaban J connectivity index is 0.00000245. The van der Waals surface area contributed by atoms with Crippen molar-refractivity contribution in [2.45, 2.75) is 65.4 Å². The fourth-order valence-corrected chi connectivity index (χ4v) is 2.59. The van der Waals surface area contributed by atoms with Gasteiger partial charge in [0.15, 0.2) is 0 Å². The van der Waals surface area contributed by atoms with Crippen LogP contribution < -0.4 is 0 Å². The highest BCUT2D eigenvalue weighted by molar-refractivity contribution is 5.69. The maximum Gasteiger partial charge on any atom is 0.416 e. The normalized spacial score (nSPS) is 13.0. The molecule has 3 nitrogen and oxygen atoms in total. The minimum Gasteiger partial charge on any atom is -0.469 e. The molecule has 1 aromatic carbocycles. The summed E-state index contributed by atoms with van der Waals surface area (Å²) in [4.78, 5) is 12.8. The van der Waals surface area contributed by atoms with Gasteiger partial charge in [-0.3, -0.25) is 9.69 Å². The zero-order valence-corrected chi connectivity index (χ0v) is 17.4. The number of hydrogen-bond acceptors (Lipinski definition) is 3. The molecule has 0 N–H and O–H groups in total. The monoisotopic (exact) mass is 429 g/mol. The van der Waals surface area contributed by atoms with Crippen LogP contribution in [0.4, 0.5) is 26.3 Å². The van der Waals surface area contributed by atoms with Crippen molar-refractivity contribution in [2.75, 3.05) is 20.2 Å². The Labute approximate surface area is 168 Å². The number of hydrogen-bond donors (Lipinski definition) is 0. The second kappa shape index (κ2) is 12.0. The van der Waals surface area contributed by atoms with Crippen LogP contribution in [0.1, 0.15) is 69.7 Å². The Morgan fingerprint density at radius 2 is 1.45 bits per heavy atom. The van der Waals surface area contributed by atoms with Gasteiger partial charge in [0.25, 0.3) is 0 Å². The summed E-state index contributed by atoms with van der Waals surface area (Å²) in [7, 11) is 1.24. The molecule has 0 aromatic heterocycles. The van der Waals surface area contributed by atoms with Gasteiger partial charge in [-0.2, -0.15) is 26.3 Å². The van der Waals surface area contributed by atoms with Gasteiger partial charge in [0, 0.05) is 12.5 Å². The van der Waals surface area contributed by atoms with Crippen LogP contribution in [0.5, 0.6) is 0 Å². The summed E-state index contributed by atoms with van der Waals surface area (Å²) in [6, 6.07) is 0.913. The molecule has 9 heteroatoms. The predicted octanol–water partition coefficient (Wildman–Crippen LogP) is 6.48. The lowest BCUT2D eigenvalue weighted by Gasteiger charge is -2.29. The van der Waals surface area contributed by atoms with Gasteiger partial charge < -0.3 is 4.74 Å². The zero-order chi connectivity index (χ0) is 22.8. The second-order valence-corrected chi connectivity index (χ2v) is 6.53. The number of esters is 1. The lowest BCUT2D eigenvalue weighted by atomic mass is 9.99. The van der Waals surface area contributed by atoms with Crippen LogP contribution in [0.3, 0.4) is 0 Å². The molecule has 168 valence electrons. The van der Waals surface area contributed by atoms with Crippen molar-refractivity contribution < 1.29 is 35.9 Å². The highest BCUT2D eigenvalue weighted by Crippen LogP contribution is 2.38. The fraction of sp³-hybridized carbons (Fsp3) is 0.650. The molecule has 0 unspecified atom stereocenters. The van der Waals surface area contributed by atoms with Crippen molar-refractivity contribution >= 4 is 5.97 Å². The molecule has 0 bridgehead atoms. The Hall–Kier alpha value is -1.77. The van der Waals surface area contributed by atoms with Gasteiger partial charge in [-0.05, 0) is 50.2 Å². The van der Waals surface area contributed by atoms with Gasteiger partial charge >= 0.3 is 18.3 Å². The van der Waals surface area contributed by atoms with Gasteiger partial charge in [0.2, 0.25) is 0 Å². The van der Waals surface area contributed by atoms with Crippen molar-refractivity contribution in [3.05, 3.63) is 34.9 Å². The molecular weight excluding hydrogens is 400 g/mol. The zero-order valence-electron chi connectivity index (χ0n) is 17.4. The lowest BCUT2D eigenvalue weighted by molar-refractivity contribution is -0.143. The minimum absolute atomic E-state index is 0.0768. The van der Waals surface area contributed by atoms with Crippen molar-refractivity contribution in [2.24, 2.45) is 0 Å². The molecular formula is C20H29F6NO2. The molecule has 0 fully saturated rings. The van der Waals surface area contributed by atoms with Gasteiger partial charge in [0.05, 0.1) is 18.2 Å². The summed E-state index contributed by atoms with van der Waals surface area (Å²) in [5.74, 6) is -0.424. The van der Waals surface area contributed by atoms with E-state index in [4.69, 9.17) is 0 Å². The summed E-state index contributed by atoms with van der Waals surface area (Å²) < 4.78 is 82.4. The third-order valence-electron chi connectivity index (χ3n) is 4.10. The van der Waals surface area contributed by atoms with Gasteiger partial charge in [-0.25, -0.2) is 0 Å². The van der Waals surface area contributed by atoms with Crippen molar-refractivity contribution in [3.63, 3.8) is 0 Å². The number of alkyl halides is 6. The number of carbonyl (C=O) groups excluding carboxylic acids is 1. The average Bonchev–Trinajstić information content (AvgIpc) is 2.63. The summed E-state index contributed by atoms with van der Waals surface area (Å²) in [5.41, 5.74) is -2.74. The number of rotatable bonds is 7. The first-order valence-corrected chi connectivity index (χ1v) is 9.41. The number of benzene rings is 1. The van der Waals surface area contributed by atoms with Crippen LogP contribution in [0.25, 0.3) is 0 Å². The highest BCUT2D eigenvalue weighted by Gasteiger charge is 2.37. The number of nitrogens with zero attached hydrogens (tertiary/aromatic N) is 1. The third kappa shape index (κ3) is 9.51. The van der Waals surface area contributed by atoms with Crippen molar-refractivity contribution in [3.8, 4) is 0 Å². The maximum absolute atomic E-state index is 13.0. The van der Waals surface area contributed by atoms with E-state index < -0.39 is 35.5 Å². The number of methoxy groups -OCH3 is 1. The van der Waals surface area contributed by atoms with Gasteiger partial charge in [-0.15, -0.1) is 0 Å². The highest BCUT2D eigenvalue weighted by atomic mass is 19.4. The van der Waals surface area contributed by atoms with E-state index in [0.717, 1.165) is 12.1 Å². The standard InChI is InChI=1S/C17H21F6NO2.C3H8/c1-4-24(7-5-6-15(25)26-3)11(2)12-8-13(16(18,19)20)10-14(9-12)17(21,22)23;1-3-2/h8-11H,4-7H2,1-3H3;3H2,1-2H3/t11-;/m0./s1. The van der Waals surface area contributed by atoms with E-state index in [-0.39, 0.29) is 18.1 Å². The van der Waals surface area contributed by atoms with E-state index >= 15 is 0 Å². The Bertz CT molecular complexity index is 596. The molecule has 0 heterocycles. The average molecular weight is 429 g/mol. The van der Waals surface area contributed by atoms with Crippen molar-refractivity contribution in [1.82, 2.24) is 4.90 Å². The topological polar surface area (TPSA) is 29.5 Å². The molecule has 1 atom stereocenters. The first-order valence-electron chi connectivity index (χ1n) is 9.41. The molecule has 0 saturated carbocycles. The minimum atomic E-state index is -4.88. The fourth-order valence-electron chi connectivity index (χ4n) is 2.59. The first kappa shape index (κ1) is 27.2. The van der Waals surface area contributed by atoms with Crippen LogP contribution in [-0.2, 0) is 21.9 Å². The lowest BCUT2D eigenvalue weighted by Crippen LogP contribution is -2.29. The summed E-state index contributed by atoms with van der Waals surface area (Å²) in [6.07, 6.45) is -8.00. The van der Waals surface area contributed by atoms with Crippen LogP contribution in [-0.4, -0.2) is 31.1 Å². The summed E-state index contributed by atoms with van der Waals surface area (Å²) in [5, 5.41) is 0. The van der Waals surface area contributed by atoms with Crippen LogP contribution in [0, 0.1) is 0 Å². The molecule has 1 aromatic rings. The molecule has 0 aliphatic rings. The molecule has 0 amide bonds. The molecule has 0 saturated heterocycles. The Morgan fingerprint density at radius 3 is 1.79 bits per heavy atom. The van der Waals surface area contributed by atoms with Crippen LogP contribution in [0.2, 0.25) is 0 Å². The summed E-state index contributed by atoms with van der Waals surface area (Å²) in [6.45, 7) is 8.27. The van der Waals surface area contributed by atoms with Gasteiger partial charge in [-0.1, -0.05) is 27.2 Å². The van der Waals surface area contributed by atoms with E-state index in [1.807, 2.05) is 0 Å². The number of carbonyl (C=O) groups is 1. The third-order valence-corrected chi connectivity index (χ3v) is 4.10. The van der Waals surface area contributed by atoms with E-state index in [2.05, 4.69) is 18.6 Å². The largest absolute Gasteiger partial charge is 0.469 e. The Morgan fingerprint density at radius 1 is 1.00 bits per heavy atom. The molecule has 1 rings (SSSR count). The van der Waals surface area contributed by atoms with Crippen molar-refractivity contribution in [1.29, 1.82) is 0 Å². The number of halogens is 6. The van der Waals surface area contributed by atoms with E-state index in [9.17, 15) is 31.1 Å². The van der Waals surface area contributed by atoms with Crippen LogP contribution >= 0.6 is 0 Å². The van der Waals surface area contributed by atoms with E-state index in [1.165, 1.54) is 20.5 Å². The Kier molecular flexibility index (Phi) is 11.3. The SMILES string of the molecule is CCC.CCN(CCCC(=O)OC)[C@@H](C)c1cc(C(F)(F)F)cc(C(F)(F)F)c1. The van der Waals surface area contributed by atoms with E-state index in [0.29, 0.717) is 19.5 Å². The van der Waals surface area contributed by atoms with Gasteiger partial charge in [0.1, 0.15) is 0 Å². The number of ether oxygens (including phenoxy) is 1. The first-order chi connectivity index (χ1) is 13.3. The molecule has 0 spiro atoms.